The number of carbonyl (C=O) groups excluding carboxylic acids is 1. The van der Waals surface area contributed by atoms with Crippen molar-refractivity contribution in [3.63, 3.8) is 0 Å². The summed E-state index contributed by atoms with van der Waals surface area (Å²) in [5.74, 6) is 1.93. The summed E-state index contributed by atoms with van der Waals surface area (Å²) in [5, 5.41) is 8.60. The Labute approximate surface area is 235 Å². The first-order valence-corrected chi connectivity index (χ1v) is 14.2. The summed E-state index contributed by atoms with van der Waals surface area (Å²) >= 11 is 3.91. The number of aromatic nitrogens is 3. The number of rotatable bonds is 5. The van der Waals surface area contributed by atoms with Gasteiger partial charge in [-0.2, -0.15) is 5.10 Å². The summed E-state index contributed by atoms with van der Waals surface area (Å²) in [7, 11) is 1.81. The number of halogens is 1. The standard InChI is InChI=1S/C30H28BrN7O/c1-18-11-16-22(32-17-18)19-12-14-20(15-13-19)26(31)38-27(33-21-7-4-3-5-8-21)25-28(35-38)37-24-10-6-9-23(24)34-30(37)36(2)29(25)39/h3-5,7-8,11-17,23-24,26,33H,6,9-10H2,1-2H3/t23-,24+,26?/m1/s1. The van der Waals surface area contributed by atoms with E-state index in [2.05, 4.69) is 61.5 Å². The summed E-state index contributed by atoms with van der Waals surface area (Å²) < 4.78 is 1.88. The smallest absolute Gasteiger partial charge is 0.267 e. The second-order valence-corrected chi connectivity index (χ2v) is 11.3. The van der Waals surface area contributed by atoms with Gasteiger partial charge in [-0.1, -0.05) is 64.5 Å². The van der Waals surface area contributed by atoms with Gasteiger partial charge in [-0.05, 0) is 55.5 Å². The average molecular weight is 583 g/mol. The lowest BCUT2D eigenvalue weighted by atomic mass is 10.1. The van der Waals surface area contributed by atoms with E-state index in [1.807, 2.05) is 61.2 Å². The number of benzene rings is 2. The van der Waals surface area contributed by atoms with Crippen LogP contribution in [-0.4, -0.2) is 50.7 Å². The van der Waals surface area contributed by atoms with Crippen molar-refractivity contribution < 1.29 is 4.79 Å². The largest absolute Gasteiger partial charge is 0.340 e. The molecule has 2 aromatic heterocycles. The number of para-hydroxylation sites is 1. The van der Waals surface area contributed by atoms with Crippen molar-refractivity contribution in [1.82, 2.24) is 19.7 Å². The molecular formula is C30H28BrN7O. The van der Waals surface area contributed by atoms with Crippen LogP contribution in [0.4, 0.5) is 17.3 Å². The van der Waals surface area contributed by atoms with E-state index < -0.39 is 0 Å². The molecule has 39 heavy (non-hydrogen) atoms. The molecule has 1 unspecified atom stereocenters. The molecule has 7 rings (SSSR count). The Hall–Kier alpha value is -3.98. The number of anilines is 3. The molecule has 2 aliphatic heterocycles. The van der Waals surface area contributed by atoms with Gasteiger partial charge in [0, 0.05) is 24.5 Å². The quantitative estimate of drug-likeness (QED) is 0.287. The zero-order chi connectivity index (χ0) is 26.7. The van der Waals surface area contributed by atoms with Crippen molar-refractivity contribution >= 4 is 45.1 Å². The first-order valence-electron chi connectivity index (χ1n) is 13.3. The molecule has 4 aromatic rings. The number of hydrogen-bond acceptors (Lipinski definition) is 6. The van der Waals surface area contributed by atoms with Crippen LogP contribution in [0.2, 0.25) is 0 Å². The van der Waals surface area contributed by atoms with Crippen LogP contribution in [0, 0.1) is 6.92 Å². The Kier molecular flexibility index (Phi) is 5.77. The van der Waals surface area contributed by atoms with E-state index in [4.69, 9.17) is 10.1 Å². The van der Waals surface area contributed by atoms with Crippen molar-refractivity contribution in [3.05, 3.63) is 89.6 Å². The highest BCUT2D eigenvalue weighted by Crippen LogP contribution is 2.44. The van der Waals surface area contributed by atoms with Crippen molar-refractivity contribution in [3.8, 4) is 11.3 Å². The third kappa shape index (κ3) is 3.95. The van der Waals surface area contributed by atoms with Gasteiger partial charge in [0.2, 0.25) is 5.96 Å². The van der Waals surface area contributed by atoms with Crippen molar-refractivity contribution in [2.75, 3.05) is 17.3 Å². The molecule has 1 aliphatic carbocycles. The average Bonchev–Trinajstić information content (AvgIpc) is 3.66. The van der Waals surface area contributed by atoms with E-state index in [0.29, 0.717) is 23.2 Å². The highest BCUT2D eigenvalue weighted by Gasteiger charge is 2.49. The molecule has 0 saturated heterocycles. The van der Waals surface area contributed by atoms with Gasteiger partial charge in [-0.3, -0.25) is 19.6 Å². The Bertz CT molecular complexity index is 1580. The van der Waals surface area contributed by atoms with Crippen LogP contribution in [0.5, 0.6) is 0 Å². The van der Waals surface area contributed by atoms with E-state index in [1.165, 1.54) is 0 Å². The van der Waals surface area contributed by atoms with Gasteiger partial charge in [0.05, 0.1) is 17.8 Å². The molecule has 2 aromatic carbocycles. The van der Waals surface area contributed by atoms with E-state index in [9.17, 15) is 4.79 Å². The molecule has 4 heterocycles. The number of nitrogens with one attached hydrogen (secondary N) is 1. The van der Waals surface area contributed by atoms with E-state index in [1.54, 1.807) is 4.90 Å². The van der Waals surface area contributed by atoms with Gasteiger partial charge in [-0.15, -0.1) is 0 Å². The summed E-state index contributed by atoms with van der Waals surface area (Å²) in [5.41, 5.74) is 5.57. The maximum absolute atomic E-state index is 13.8. The number of pyridine rings is 1. The van der Waals surface area contributed by atoms with Crippen LogP contribution in [-0.2, 0) is 0 Å². The van der Waals surface area contributed by atoms with Crippen LogP contribution < -0.4 is 10.2 Å². The second kappa shape index (κ2) is 9.34. The molecule has 1 saturated carbocycles. The van der Waals surface area contributed by atoms with Crippen LogP contribution in [0.25, 0.3) is 11.3 Å². The maximum Gasteiger partial charge on any atom is 0.267 e. The first-order chi connectivity index (χ1) is 19.0. The maximum atomic E-state index is 13.8. The number of carbonyl (C=O) groups is 1. The molecule has 1 N–H and O–H groups in total. The fourth-order valence-corrected chi connectivity index (χ4v) is 6.41. The summed E-state index contributed by atoms with van der Waals surface area (Å²) in [6, 6.07) is 22.7. The van der Waals surface area contributed by atoms with Gasteiger partial charge in [0.1, 0.15) is 16.3 Å². The highest BCUT2D eigenvalue weighted by atomic mass is 79.9. The lowest BCUT2D eigenvalue weighted by molar-refractivity contribution is 0.0866. The van der Waals surface area contributed by atoms with Gasteiger partial charge in [0.15, 0.2) is 5.82 Å². The van der Waals surface area contributed by atoms with Gasteiger partial charge in [-0.25, -0.2) is 9.67 Å². The zero-order valence-electron chi connectivity index (χ0n) is 21.8. The third-order valence-electron chi connectivity index (χ3n) is 7.86. The van der Waals surface area contributed by atoms with Crippen molar-refractivity contribution in [2.24, 2.45) is 4.99 Å². The fourth-order valence-electron chi connectivity index (χ4n) is 5.81. The molecule has 1 fully saturated rings. The Morgan fingerprint density at radius 3 is 2.56 bits per heavy atom. The predicted molar refractivity (Wildman–Crippen MR) is 157 cm³/mol. The summed E-state index contributed by atoms with van der Waals surface area (Å²) in [6.07, 6.45) is 5.10. The van der Waals surface area contributed by atoms with Gasteiger partial charge >= 0.3 is 0 Å². The number of hydrogen-bond donors (Lipinski definition) is 1. The summed E-state index contributed by atoms with van der Waals surface area (Å²) in [6.45, 7) is 2.03. The molecule has 8 nitrogen and oxygen atoms in total. The minimum Gasteiger partial charge on any atom is -0.340 e. The molecule has 196 valence electrons. The third-order valence-corrected chi connectivity index (χ3v) is 8.77. The summed E-state index contributed by atoms with van der Waals surface area (Å²) in [4.78, 5) is 26.8. The second-order valence-electron chi connectivity index (χ2n) is 10.4. The SMILES string of the molecule is Cc1ccc(-c2ccc(C(Br)n3nc4c(c3Nc3ccccc3)C(=O)N(C)C3=N[C@@H]5CCC[C@@H]5N34)cc2)nc1. The molecule has 0 radical (unpaired) electrons. The molecule has 9 heteroatoms. The fraction of sp³-hybridized carbons (Fsp3) is 0.267. The molecular weight excluding hydrogens is 554 g/mol. The monoisotopic (exact) mass is 581 g/mol. The number of aliphatic imine (C=N–C) groups is 1. The van der Waals surface area contributed by atoms with E-state index >= 15 is 0 Å². The van der Waals surface area contributed by atoms with Crippen LogP contribution in [0.15, 0.2) is 77.9 Å². The van der Waals surface area contributed by atoms with Crippen molar-refractivity contribution in [1.29, 1.82) is 0 Å². The molecule has 1 amide bonds. The number of guanidine groups is 1. The van der Waals surface area contributed by atoms with Crippen LogP contribution >= 0.6 is 15.9 Å². The molecule has 0 bridgehead atoms. The first kappa shape index (κ1) is 24.1. The normalized spacial score (nSPS) is 20.4. The lowest BCUT2D eigenvalue weighted by Gasteiger charge is -2.34. The van der Waals surface area contributed by atoms with E-state index in [-0.39, 0.29) is 22.9 Å². The van der Waals surface area contributed by atoms with E-state index in [0.717, 1.165) is 47.3 Å². The Balaban J connectivity index is 1.32. The zero-order valence-corrected chi connectivity index (χ0v) is 23.3. The minimum atomic E-state index is -0.310. The lowest BCUT2D eigenvalue weighted by Crippen LogP contribution is -2.51. The van der Waals surface area contributed by atoms with Crippen LogP contribution in [0.3, 0.4) is 0 Å². The Morgan fingerprint density at radius 1 is 1.03 bits per heavy atom. The predicted octanol–water partition coefficient (Wildman–Crippen LogP) is 6.12. The number of fused-ring (bicyclic) bond motifs is 5. The Morgan fingerprint density at radius 2 is 1.82 bits per heavy atom. The number of nitrogens with zero attached hydrogens (tertiary/aromatic N) is 6. The minimum absolute atomic E-state index is 0.106. The number of alkyl halides is 1. The molecule has 3 atom stereocenters. The number of aryl methyl sites for hydroxylation is 1. The van der Waals surface area contributed by atoms with Crippen LogP contribution in [0.1, 0.15) is 45.7 Å². The molecule has 3 aliphatic rings. The molecule has 0 spiro atoms. The van der Waals surface area contributed by atoms with Gasteiger partial charge in [0.25, 0.3) is 5.91 Å². The highest BCUT2D eigenvalue weighted by molar-refractivity contribution is 9.09. The van der Waals surface area contributed by atoms with Crippen molar-refractivity contribution in [2.45, 2.75) is 43.2 Å². The topological polar surface area (TPSA) is 78.7 Å². The number of amides is 1. The van der Waals surface area contributed by atoms with Gasteiger partial charge < -0.3 is 5.32 Å².